The summed E-state index contributed by atoms with van der Waals surface area (Å²) in [5.74, 6) is -0.0913. The predicted octanol–water partition coefficient (Wildman–Crippen LogP) is 3.90. The summed E-state index contributed by atoms with van der Waals surface area (Å²) < 4.78 is 33.7. The first-order valence-electron chi connectivity index (χ1n) is 10.8. The Balaban J connectivity index is 1.53. The molecule has 4 rings (SSSR count). The highest BCUT2D eigenvalue weighted by atomic mass is 32.2. The lowest BCUT2D eigenvalue weighted by Gasteiger charge is -2.31. The van der Waals surface area contributed by atoms with Crippen molar-refractivity contribution in [2.24, 2.45) is 5.92 Å². The maximum absolute atomic E-state index is 13.5. The molecule has 3 heterocycles. The molecule has 1 saturated heterocycles. The van der Waals surface area contributed by atoms with E-state index >= 15 is 0 Å². The molecule has 0 radical (unpaired) electrons. The van der Waals surface area contributed by atoms with Gasteiger partial charge in [0.25, 0.3) is 0 Å². The van der Waals surface area contributed by atoms with Crippen LogP contribution in [0.25, 0.3) is 12.2 Å². The van der Waals surface area contributed by atoms with Crippen LogP contribution in [0, 0.1) is 19.8 Å². The number of nitrogens with zero attached hydrogens (tertiary/aromatic N) is 3. The number of rotatable bonds is 6. The van der Waals surface area contributed by atoms with Gasteiger partial charge in [0.15, 0.2) is 10.7 Å². The van der Waals surface area contributed by atoms with Crippen LogP contribution in [-0.2, 0) is 14.8 Å². The average molecular weight is 467 g/mol. The summed E-state index contributed by atoms with van der Waals surface area (Å²) >= 11 is 0. The highest BCUT2D eigenvalue weighted by Crippen LogP contribution is 2.29. The first kappa shape index (κ1) is 22.9. The number of anilines is 1. The maximum Gasteiger partial charge on any atom is 0.248 e. The number of carbonyl (C=O) groups excluding carboxylic acids is 1. The fourth-order valence-corrected chi connectivity index (χ4v) is 5.59. The molecule has 0 unspecified atom stereocenters. The van der Waals surface area contributed by atoms with Gasteiger partial charge in [-0.05, 0) is 50.5 Å². The molecule has 1 aliphatic rings. The maximum atomic E-state index is 13.5. The monoisotopic (exact) mass is 466 g/mol. The van der Waals surface area contributed by atoms with Crippen LogP contribution in [0.1, 0.15) is 35.4 Å². The first-order chi connectivity index (χ1) is 15.8. The molecule has 1 N–H and O–H groups in total. The van der Waals surface area contributed by atoms with Crippen LogP contribution in [0.15, 0.2) is 58.1 Å². The molecule has 1 aliphatic heterocycles. The highest BCUT2D eigenvalue weighted by Gasteiger charge is 2.37. The van der Waals surface area contributed by atoms with E-state index in [9.17, 15) is 13.2 Å². The molecule has 2 aromatic heterocycles. The van der Waals surface area contributed by atoms with Crippen LogP contribution >= 0.6 is 0 Å². The minimum atomic E-state index is -3.90. The third-order valence-corrected chi connectivity index (χ3v) is 7.63. The lowest BCUT2D eigenvalue weighted by molar-refractivity contribution is -0.120. The lowest BCUT2D eigenvalue weighted by Crippen LogP contribution is -2.44. The van der Waals surface area contributed by atoms with E-state index in [2.05, 4.69) is 15.5 Å². The second-order valence-corrected chi connectivity index (χ2v) is 9.99. The fourth-order valence-electron chi connectivity index (χ4n) is 3.82. The molecule has 0 saturated carbocycles. The molecule has 1 aromatic carbocycles. The Morgan fingerprint density at radius 2 is 1.94 bits per heavy atom. The molecule has 0 spiro atoms. The SMILES string of the molecule is Cc1ccc(/C=C/c2onc(C)c2S(=O)(=O)N2CCC[C@@H](C(=O)Nc3ccccn3)C2)cc1. The van der Waals surface area contributed by atoms with Crippen LogP contribution < -0.4 is 5.32 Å². The van der Waals surface area contributed by atoms with Crippen molar-refractivity contribution in [3.8, 4) is 0 Å². The van der Waals surface area contributed by atoms with Crippen molar-refractivity contribution < 1.29 is 17.7 Å². The summed E-state index contributed by atoms with van der Waals surface area (Å²) in [4.78, 5) is 16.9. The topological polar surface area (TPSA) is 105 Å². The molecule has 0 aliphatic carbocycles. The van der Waals surface area contributed by atoms with Gasteiger partial charge in [0, 0.05) is 19.3 Å². The van der Waals surface area contributed by atoms with Crippen molar-refractivity contribution in [1.29, 1.82) is 0 Å². The van der Waals surface area contributed by atoms with Crippen LogP contribution in [0.3, 0.4) is 0 Å². The average Bonchev–Trinajstić information content (AvgIpc) is 3.20. The molecule has 3 aromatic rings. The predicted molar refractivity (Wildman–Crippen MR) is 126 cm³/mol. The minimum absolute atomic E-state index is 0.0386. The Kier molecular flexibility index (Phi) is 6.71. The number of aryl methyl sites for hydroxylation is 2. The van der Waals surface area contributed by atoms with Gasteiger partial charge in [0.2, 0.25) is 15.9 Å². The second-order valence-electron chi connectivity index (χ2n) is 8.11. The van der Waals surface area contributed by atoms with E-state index in [-0.39, 0.29) is 23.1 Å². The van der Waals surface area contributed by atoms with Gasteiger partial charge in [-0.1, -0.05) is 47.1 Å². The number of nitrogens with one attached hydrogen (secondary N) is 1. The molecule has 0 bridgehead atoms. The molecule has 8 nitrogen and oxygen atoms in total. The van der Waals surface area contributed by atoms with Crippen molar-refractivity contribution in [3.05, 3.63) is 71.2 Å². The summed E-state index contributed by atoms with van der Waals surface area (Å²) in [6.07, 6.45) is 6.18. The molecule has 33 heavy (non-hydrogen) atoms. The van der Waals surface area contributed by atoms with E-state index in [1.165, 1.54) is 4.31 Å². The van der Waals surface area contributed by atoms with E-state index in [0.29, 0.717) is 30.9 Å². The molecular weight excluding hydrogens is 440 g/mol. The number of amides is 1. The number of hydrogen-bond acceptors (Lipinski definition) is 6. The number of sulfonamides is 1. The van der Waals surface area contributed by atoms with Gasteiger partial charge in [-0.2, -0.15) is 4.31 Å². The molecule has 9 heteroatoms. The quantitative estimate of drug-likeness (QED) is 0.591. The fraction of sp³-hybridized carbons (Fsp3) is 0.292. The van der Waals surface area contributed by atoms with Crippen LogP contribution in [0.4, 0.5) is 5.82 Å². The third kappa shape index (κ3) is 5.20. The lowest BCUT2D eigenvalue weighted by atomic mass is 9.99. The van der Waals surface area contributed by atoms with Gasteiger partial charge in [0.05, 0.1) is 5.92 Å². The van der Waals surface area contributed by atoms with Gasteiger partial charge in [0.1, 0.15) is 11.5 Å². The zero-order chi connectivity index (χ0) is 23.4. The van der Waals surface area contributed by atoms with Crippen LogP contribution in [0.2, 0.25) is 0 Å². The van der Waals surface area contributed by atoms with E-state index in [4.69, 9.17) is 4.52 Å². The van der Waals surface area contributed by atoms with Gasteiger partial charge in [-0.3, -0.25) is 4.79 Å². The first-order valence-corrected chi connectivity index (χ1v) is 12.2. The number of carbonyl (C=O) groups is 1. The standard InChI is InChI=1S/C24H26N4O4S/c1-17-8-10-19(11-9-17)12-13-21-23(18(2)27-32-21)33(30,31)28-15-5-6-20(16-28)24(29)26-22-7-3-4-14-25-22/h3-4,7-14,20H,5-6,15-16H2,1-2H3,(H,25,26,29)/b13-12+/t20-/m1/s1. The van der Waals surface area contributed by atoms with Crippen molar-refractivity contribution in [3.63, 3.8) is 0 Å². The number of hydrogen-bond donors (Lipinski definition) is 1. The molecular formula is C24H26N4O4S. The Bertz CT molecular complexity index is 1250. The minimum Gasteiger partial charge on any atom is -0.355 e. The Morgan fingerprint density at radius 3 is 2.67 bits per heavy atom. The molecule has 172 valence electrons. The Hall–Kier alpha value is -3.30. The third-order valence-electron chi connectivity index (χ3n) is 5.61. The van der Waals surface area contributed by atoms with Crippen molar-refractivity contribution in [2.75, 3.05) is 18.4 Å². The van der Waals surface area contributed by atoms with Gasteiger partial charge < -0.3 is 9.84 Å². The van der Waals surface area contributed by atoms with E-state index < -0.39 is 15.9 Å². The summed E-state index contributed by atoms with van der Waals surface area (Å²) in [6, 6.07) is 13.1. The van der Waals surface area contributed by atoms with Crippen LogP contribution in [-0.4, -0.2) is 41.9 Å². The summed E-state index contributed by atoms with van der Waals surface area (Å²) in [6.45, 7) is 4.03. The van der Waals surface area contributed by atoms with Crippen LogP contribution in [0.5, 0.6) is 0 Å². The van der Waals surface area contributed by atoms with E-state index in [1.807, 2.05) is 31.2 Å². The van der Waals surface area contributed by atoms with E-state index in [0.717, 1.165) is 11.1 Å². The van der Waals surface area contributed by atoms with Crippen molar-refractivity contribution in [2.45, 2.75) is 31.6 Å². The second kappa shape index (κ2) is 9.68. The largest absolute Gasteiger partial charge is 0.355 e. The Morgan fingerprint density at radius 1 is 1.15 bits per heavy atom. The molecule has 1 atom stereocenters. The zero-order valence-corrected chi connectivity index (χ0v) is 19.4. The zero-order valence-electron chi connectivity index (χ0n) is 18.6. The number of piperidine rings is 1. The highest BCUT2D eigenvalue weighted by molar-refractivity contribution is 7.89. The van der Waals surface area contributed by atoms with Gasteiger partial charge in [-0.25, -0.2) is 13.4 Å². The number of benzene rings is 1. The number of pyridine rings is 1. The smallest absolute Gasteiger partial charge is 0.248 e. The summed E-state index contributed by atoms with van der Waals surface area (Å²) in [5.41, 5.74) is 2.35. The Labute approximate surface area is 193 Å². The number of aromatic nitrogens is 2. The van der Waals surface area contributed by atoms with Gasteiger partial charge in [-0.15, -0.1) is 0 Å². The molecule has 1 fully saturated rings. The molecule has 1 amide bonds. The summed E-state index contributed by atoms with van der Waals surface area (Å²) in [7, 11) is -3.90. The van der Waals surface area contributed by atoms with E-state index in [1.54, 1.807) is 43.5 Å². The normalized spacial score (nSPS) is 17.3. The summed E-state index contributed by atoms with van der Waals surface area (Å²) in [5, 5.41) is 6.66. The van der Waals surface area contributed by atoms with Crippen molar-refractivity contribution in [1.82, 2.24) is 14.4 Å². The van der Waals surface area contributed by atoms with Gasteiger partial charge >= 0.3 is 0 Å². The van der Waals surface area contributed by atoms with Crippen molar-refractivity contribution >= 4 is 33.9 Å².